The highest BCUT2D eigenvalue weighted by Crippen LogP contribution is 2.32. The lowest BCUT2D eigenvalue weighted by molar-refractivity contribution is 0.0411. The first-order valence-electron chi connectivity index (χ1n) is 6.33. The predicted molar refractivity (Wildman–Crippen MR) is 72.4 cm³/mol. The fourth-order valence-electron chi connectivity index (χ4n) is 2.69. The standard InChI is InChI=1S/C14H17NOS/c1-15-14(17)9-12-7-10-5-3-2-4-6-11(10)8-13(12)16-15/h7-8H,2-6,9H2,1H3. The van der Waals surface area contributed by atoms with E-state index < -0.39 is 0 Å². The molecule has 0 unspecified atom stereocenters. The molecule has 0 saturated heterocycles. The minimum atomic E-state index is 0.842. The highest BCUT2D eigenvalue weighted by atomic mass is 32.1. The second-order valence-electron chi connectivity index (χ2n) is 4.95. The van der Waals surface area contributed by atoms with Crippen molar-refractivity contribution in [1.29, 1.82) is 0 Å². The first-order valence-corrected chi connectivity index (χ1v) is 6.74. The molecule has 1 heterocycles. The van der Waals surface area contributed by atoms with E-state index in [-0.39, 0.29) is 0 Å². The van der Waals surface area contributed by atoms with Gasteiger partial charge in [0.1, 0.15) is 4.99 Å². The van der Waals surface area contributed by atoms with E-state index in [0.717, 1.165) is 17.2 Å². The molecule has 0 aromatic heterocycles. The molecule has 1 aliphatic carbocycles. The number of benzene rings is 1. The third-order valence-corrected chi connectivity index (χ3v) is 4.10. The molecule has 3 rings (SSSR count). The lowest BCUT2D eigenvalue weighted by Crippen LogP contribution is -2.34. The van der Waals surface area contributed by atoms with Crippen LogP contribution in [0.5, 0.6) is 5.75 Å². The second kappa shape index (κ2) is 4.30. The van der Waals surface area contributed by atoms with Crippen molar-refractivity contribution in [1.82, 2.24) is 5.06 Å². The van der Waals surface area contributed by atoms with E-state index in [0.29, 0.717) is 0 Å². The molecule has 0 bridgehead atoms. The summed E-state index contributed by atoms with van der Waals surface area (Å²) in [6.07, 6.45) is 7.22. The maximum Gasteiger partial charge on any atom is 0.159 e. The molecule has 0 fully saturated rings. The number of nitrogens with zero attached hydrogens (tertiary/aromatic N) is 1. The molecule has 2 aliphatic rings. The average molecular weight is 247 g/mol. The SMILES string of the molecule is CN1Oc2cc3c(cc2CC1=S)CCCCC3. The molecule has 0 spiro atoms. The number of likely N-dealkylation sites (N-methyl/N-ethyl adjacent to an activating group) is 1. The fraction of sp³-hybridized carbons (Fsp3) is 0.500. The van der Waals surface area contributed by atoms with E-state index in [9.17, 15) is 0 Å². The van der Waals surface area contributed by atoms with Crippen LogP contribution >= 0.6 is 12.2 Å². The predicted octanol–water partition coefficient (Wildman–Crippen LogP) is 3.06. The molecule has 17 heavy (non-hydrogen) atoms. The molecule has 0 saturated carbocycles. The normalized spacial score (nSPS) is 19.1. The number of rotatable bonds is 0. The Balaban J connectivity index is 2.02. The summed E-state index contributed by atoms with van der Waals surface area (Å²) in [7, 11) is 1.89. The summed E-state index contributed by atoms with van der Waals surface area (Å²) in [5.74, 6) is 1.00. The Morgan fingerprint density at radius 2 is 1.76 bits per heavy atom. The van der Waals surface area contributed by atoms with Crippen molar-refractivity contribution < 1.29 is 4.84 Å². The Kier molecular flexibility index (Phi) is 2.79. The second-order valence-corrected chi connectivity index (χ2v) is 5.42. The first kappa shape index (κ1) is 11.0. The van der Waals surface area contributed by atoms with Crippen molar-refractivity contribution in [2.24, 2.45) is 0 Å². The molecule has 1 aliphatic heterocycles. The van der Waals surface area contributed by atoms with Gasteiger partial charge in [-0.05, 0) is 42.9 Å². The Bertz CT molecular complexity index is 470. The zero-order chi connectivity index (χ0) is 11.8. The number of thiocarbonyl (C=S) groups is 1. The van der Waals surface area contributed by atoms with Crippen molar-refractivity contribution in [2.45, 2.75) is 38.5 Å². The van der Waals surface area contributed by atoms with Gasteiger partial charge in [0.05, 0.1) is 0 Å². The van der Waals surface area contributed by atoms with E-state index >= 15 is 0 Å². The quantitative estimate of drug-likeness (QED) is 0.516. The van der Waals surface area contributed by atoms with Crippen molar-refractivity contribution in [3.05, 3.63) is 28.8 Å². The summed E-state index contributed by atoms with van der Waals surface area (Å²) in [6, 6.07) is 4.55. The van der Waals surface area contributed by atoms with Crippen LogP contribution in [-0.4, -0.2) is 17.1 Å². The van der Waals surface area contributed by atoms with Gasteiger partial charge in [-0.3, -0.25) is 0 Å². The third kappa shape index (κ3) is 2.04. The molecule has 0 atom stereocenters. The van der Waals surface area contributed by atoms with Crippen LogP contribution in [0.2, 0.25) is 0 Å². The van der Waals surface area contributed by atoms with E-state index in [1.54, 1.807) is 5.06 Å². The first-order chi connectivity index (χ1) is 8.24. The van der Waals surface area contributed by atoms with E-state index in [4.69, 9.17) is 17.1 Å². The monoisotopic (exact) mass is 247 g/mol. The summed E-state index contributed by atoms with van der Waals surface area (Å²) in [5.41, 5.74) is 4.24. The van der Waals surface area contributed by atoms with Gasteiger partial charge >= 0.3 is 0 Å². The van der Waals surface area contributed by atoms with Gasteiger partial charge in [-0.1, -0.05) is 24.7 Å². The van der Waals surface area contributed by atoms with Crippen LogP contribution < -0.4 is 4.84 Å². The van der Waals surface area contributed by atoms with Crippen LogP contribution in [0.3, 0.4) is 0 Å². The Hall–Kier alpha value is -1.09. The van der Waals surface area contributed by atoms with Gasteiger partial charge in [0.15, 0.2) is 5.75 Å². The lowest BCUT2D eigenvalue weighted by atomic mass is 9.97. The summed E-state index contributed by atoms with van der Waals surface area (Å²) in [4.78, 5) is 6.61. The van der Waals surface area contributed by atoms with Crippen LogP contribution in [-0.2, 0) is 19.3 Å². The molecule has 3 heteroatoms. The van der Waals surface area contributed by atoms with Gasteiger partial charge in [-0.15, -0.1) is 0 Å². The van der Waals surface area contributed by atoms with Crippen LogP contribution in [0.4, 0.5) is 0 Å². The Morgan fingerprint density at radius 3 is 2.53 bits per heavy atom. The number of fused-ring (bicyclic) bond motifs is 2. The van der Waals surface area contributed by atoms with Gasteiger partial charge < -0.3 is 4.84 Å². The number of aryl methyl sites for hydroxylation is 2. The summed E-state index contributed by atoms with van der Waals surface area (Å²) < 4.78 is 0. The Labute approximate surface area is 108 Å². The van der Waals surface area contributed by atoms with Crippen molar-refractivity contribution in [2.75, 3.05) is 7.05 Å². The van der Waals surface area contributed by atoms with Crippen molar-refractivity contribution >= 4 is 17.2 Å². The van der Waals surface area contributed by atoms with Crippen LogP contribution in [0.15, 0.2) is 12.1 Å². The molecule has 0 amide bonds. The van der Waals surface area contributed by atoms with Crippen LogP contribution in [0.25, 0.3) is 0 Å². The van der Waals surface area contributed by atoms with Gasteiger partial charge in [-0.25, -0.2) is 5.06 Å². The minimum absolute atomic E-state index is 0.842. The zero-order valence-electron chi connectivity index (χ0n) is 10.2. The summed E-state index contributed by atoms with van der Waals surface area (Å²) in [6.45, 7) is 0. The molecular weight excluding hydrogens is 230 g/mol. The molecule has 90 valence electrons. The largest absolute Gasteiger partial charge is 0.379 e. The molecular formula is C14H17NOS. The van der Waals surface area contributed by atoms with Crippen molar-refractivity contribution in [3.8, 4) is 5.75 Å². The van der Waals surface area contributed by atoms with Gasteiger partial charge in [0.2, 0.25) is 0 Å². The van der Waals surface area contributed by atoms with Gasteiger partial charge in [-0.2, -0.15) is 0 Å². The molecule has 1 aromatic rings. The topological polar surface area (TPSA) is 12.5 Å². The fourth-order valence-corrected chi connectivity index (χ4v) is 2.88. The van der Waals surface area contributed by atoms with E-state index in [2.05, 4.69) is 12.1 Å². The summed E-state index contributed by atoms with van der Waals surface area (Å²) >= 11 is 5.29. The average Bonchev–Trinajstić information content (AvgIpc) is 2.53. The Morgan fingerprint density at radius 1 is 1.06 bits per heavy atom. The highest BCUT2D eigenvalue weighted by Gasteiger charge is 2.21. The number of hydrogen-bond donors (Lipinski definition) is 0. The smallest absolute Gasteiger partial charge is 0.159 e. The lowest BCUT2D eigenvalue weighted by Gasteiger charge is -2.28. The third-order valence-electron chi connectivity index (χ3n) is 3.70. The molecule has 1 aromatic carbocycles. The minimum Gasteiger partial charge on any atom is -0.379 e. The zero-order valence-corrected chi connectivity index (χ0v) is 11.0. The maximum atomic E-state index is 5.74. The van der Waals surface area contributed by atoms with Gasteiger partial charge in [0, 0.05) is 19.0 Å². The maximum absolute atomic E-state index is 5.74. The number of hydrogen-bond acceptors (Lipinski definition) is 2. The molecule has 0 radical (unpaired) electrons. The highest BCUT2D eigenvalue weighted by molar-refractivity contribution is 7.80. The molecule has 0 N–H and O–H groups in total. The van der Waals surface area contributed by atoms with Gasteiger partial charge in [0.25, 0.3) is 0 Å². The van der Waals surface area contributed by atoms with Crippen molar-refractivity contribution in [3.63, 3.8) is 0 Å². The van der Waals surface area contributed by atoms with Crippen LogP contribution in [0.1, 0.15) is 36.0 Å². The van der Waals surface area contributed by atoms with Crippen LogP contribution in [0, 0.1) is 0 Å². The molecule has 2 nitrogen and oxygen atoms in total. The van der Waals surface area contributed by atoms with E-state index in [1.807, 2.05) is 7.05 Å². The van der Waals surface area contributed by atoms with E-state index in [1.165, 1.54) is 48.8 Å². The summed E-state index contributed by atoms with van der Waals surface area (Å²) in [5, 5.41) is 1.71. The number of hydroxylamine groups is 2.